The fourth-order valence-corrected chi connectivity index (χ4v) is 4.42. The van der Waals surface area contributed by atoms with Gasteiger partial charge >= 0.3 is 5.97 Å². The third-order valence-electron chi connectivity index (χ3n) is 6.11. The largest absolute Gasteiger partial charge is 0.508 e. The van der Waals surface area contributed by atoms with E-state index < -0.39 is 5.97 Å². The fourth-order valence-electron chi connectivity index (χ4n) is 4.42. The van der Waals surface area contributed by atoms with E-state index >= 15 is 0 Å². The summed E-state index contributed by atoms with van der Waals surface area (Å²) in [5.41, 5.74) is 0.653. The highest BCUT2D eigenvalue weighted by atomic mass is 16.5. The van der Waals surface area contributed by atoms with Crippen molar-refractivity contribution in [3.8, 4) is 5.75 Å². The van der Waals surface area contributed by atoms with Gasteiger partial charge in [-0.3, -0.25) is 9.59 Å². The Balaban J connectivity index is 1.45. The Bertz CT molecular complexity index is 748. The lowest BCUT2D eigenvalue weighted by atomic mass is 9.77. The van der Waals surface area contributed by atoms with E-state index in [0.717, 1.165) is 32.2 Å². The molecule has 1 aromatic rings. The molecule has 0 aromatic heterocycles. The SMILES string of the molecule is CC(NC[C@H]1[C@@H](C/C=C\CCCC(=O)O)[C@H]2CC[C@@H]1O2)C(=O)Nc1ccc(O)cc1. The predicted octanol–water partition coefficient (Wildman–Crippen LogP) is 3.30. The van der Waals surface area contributed by atoms with Crippen LogP contribution in [0.5, 0.6) is 5.75 Å². The van der Waals surface area contributed by atoms with Crippen molar-refractivity contribution in [1.29, 1.82) is 0 Å². The molecule has 164 valence electrons. The molecule has 2 fully saturated rings. The number of nitrogens with one attached hydrogen (secondary N) is 2. The normalized spacial score (nSPS) is 26.2. The topological polar surface area (TPSA) is 108 Å². The number of amides is 1. The Morgan fingerprint density at radius 3 is 2.57 bits per heavy atom. The number of carbonyl (C=O) groups excluding carboxylic acids is 1. The molecule has 0 aliphatic carbocycles. The molecule has 7 heteroatoms. The lowest BCUT2D eigenvalue weighted by Crippen LogP contribution is -2.43. The molecular weight excluding hydrogens is 384 g/mol. The number of phenolic OH excluding ortho intramolecular Hbond substituents is 1. The van der Waals surface area contributed by atoms with E-state index in [9.17, 15) is 14.7 Å². The number of rotatable bonds is 11. The maximum Gasteiger partial charge on any atom is 0.303 e. The van der Waals surface area contributed by atoms with Gasteiger partial charge in [0.15, 0.2) is 0 Å². The molecule has 4 N–H and O–H groups in total. The molecule has 30 heavy (non-hydrogen) atoms. The number of anilines is 1. The molecule has 0 spiro atoms. The van der Waals surface area contributed by atoms with Crippen LogP contribution in [0.15, 0.2) is 36.4 Å². The zero-order chi connectivity index (χ0) is 21.5. The van der Waals surface area contributed by atoms with Gasteiger partial charge < -0.3 is 25.6 Å². The van der Waals surface area contributed by atoms with Crippen LogP contribution in [0.1, 0.15) is 45.4 Å². The average molecular weight is 417 g/mol. The number of benzene rings is 1. The van der Waals surface area contributed by atoms with Crippen LogP contribution in [0.3, 0.4) is 0 Å². The first-order valence-corrected chi connectivity index (χ1v) is 10.8. The first kappa shape index (κ1) is 22.3. The predicted molar refractivity (Wildman–Crippen MR) is 114 cm³/mol. The Morgan fingerprint density at radius 2 is 1.87 bits per heavy atom. The van der Waals surface area contributed by atoms with Crippen LogP contribution >= 0.6 is 0 Å². The molecule has 5 atom stereocenters. The molecule has 1 amide bonds. The van der Waals surface area contributed by atoms with Crippen molar-refractivity contribution < 1.29 is 24.5 Å². The van der Waals surface area contributed by atoms with Gasteiger partial charge in [-0.15, -0.1) is 0 Å². The van der Waals surface area contributed by atoms with Crippen molar-refractivity contribution in [3.05, 3.63) is 36.4 Å². The van der Waals surface area contributed by atoms with Crippen molar-refractivity contribution in [2.75, 3.05) is 11.9 Å². The molecule has 3 rings (SSSR count). The van der Waals surface area contributed by atoms with Gasteiger partial charge in [0.05, 0.1) is 18.2 Å². The lowest BCUT2D eigenvalue weighted by Gasteiger charge is -2.28. The minimum absolute atomic E-state index is 0.111. The molecular formula is C23H32N2O5. The number of ether oxygens (including phenoxy) is 1. The smallest absolute Gasteiger partial charge is 0.303 e. The number of unbranched alkanes of at least 4 members (excludes halogenated alkanes) is 1. The second-order valence-electron chi connectivity index (χ2n) is 8.28. The molecule has 2 heterocycles. The fraction of sp³-hybridized carbons (Fsp3) is 0.565. The van der Waals surface area contributed by atoms with Crippen molar-refractivity contribution in [2.24, 2.45) is 11.8 Å². The average Bonchev–Trinajstić information content (AvgIpc) is 3.32. The second-order valence-corrected chi connectivity index (χ2v) is 8.28. The Kier molecular flexibility index (Phi) is 7.87. The van der Waals surface area contributed by atoms with Crippen LogP contribution < -0.4 is 10.6 Å². The van der Waals surface area contributed by atoms with Crippen molar-refractivity contribution in [3.63, 3.8) is 0 Å². The van der Waals surface area contributed by atoms with E-state index in [1.807, 2.05) is 6.92 Å². The van der Waals surface area contributed by atoms with E-state index in [-0.39, 0.29) is 36.3 Å². The number of carbonyl (C=O) groups is 2. The molecule has 7 nitrogen and oxygen atoms in total. The maximum atomic E-state index is 12.4. The highest BCUT2D eigenvalue weighted by molar-refractivity contribution is 5.94. The van der Waals surface area contributed by atoms with E-state index in [1.54, 1.807) is 24.3 Å². The van der Waals surface area contributed by atoms with E-state index in [0.29, 0.717) is 23.9 Å². The van der Waals surface area contributed by atoms with Crippen molar-refractivity contribution in [1.82, 2.24) is 5.32 Å². The van der Waals surface area contributed by atoms with Crippen molar-refractivity contribution >= 4 is 17.6 Å². The summed E-state index contributed by atoms with van der Waals surface area (Å²) in [5.74, 6) is 0.104. The minimum atomic E-state index is -0.750. The molecule has 0 saturated carbocycles. The maximum absolute atomic E-state index is 12.4. The number of allylic oxidation sites excluding steroid dienone is 2. The summed E-state index contributed by atoms with van der Waals surface area (Å²) in [6.07, 6.45) is 9.51. The number of aromatic hydroxyl groups is 1. The highest BCUT2D eigenvalue weighted by Gasteiger charge is 2.47. The number of hydrogen-bond donors (Lipinski definition) is 4. The van der Waals surface area contributed by atoms with Gasteiger partial charge in [0.2, 0.25) is 5.91 Å². The number of aliphatic carboxylic acids is 1. The van der Waals surface area contributed by atoms with Gasteiger partial charge in [-0.25, -0.2) is 0 Å². The molecule has 1 unspecified atom stereocenters. The first-order valence-electron chi connectivity index (χ1n) is 10.8. The summed E-state index contributed by atoms with van der Waals surface area (Å²) in [7, 11) is 0. The van der Waals surface area contributed by atoms with Gasteiger partial charge in [0.25, 0.3) is 0 Å². The first-order chi connectivity index (χ1) is 14.4. The number of carboxylic acids is 1. The van der Waals surface area contributed by atoms with Crippen LogP contribution in [0.4, 0.5) is 5.69 Å². The Morgan fingerprint density at radius 1 is 1.17 bits per heavy atom. The van der Waals surface area contributed by atoms with Crippen molar-refractivity contribution in [2.45, 2.75) is 63.7 Å². The molecule has 2 aliphatic heterocycles. The molecule has 2 aliphatic rings. The minimum Gasteiger partial charge on any atom is -0.508 e. The van der Waals surface area contributed by atoms with E-state index in [2.05, 4.69) is 22.8 Å². The Hall–Kier alpha value is -2.38. The third kappa shape index (κ3) is 6.06. The summed E-state index contributed by atoms with van der Waals surface area (Å²) >= 11 is 0. The number of carboxylic acid groups (broad SMARTS) is 1. The molecule has 0 radical (unpaired) electrons. The summed E-state index contributed by atoms with van der Waals surface area (Å²) in [6.45, 7) is 2.57. The summed E-state index contributed by atoms with van der Waals surface area (Å²) in [5, 5.41) is 24.3. The number of fused-ring (bicyclic) bond motifs is 2. The van der Waals surface area contributed by atoms with Gasteiger partial charge in [-0.1, -0.05) is 12.2 Å². The summed E-state index contributed by atoms with van der Waals surface area (Å²) in [4.78, 5) is 23.0. The van der Waals surface area contributed by atoms with Crippen LogP contribution in [0.25, 0.3) is 0 Å². The number of hydrogen-bond acceptors (Lipinski definition) is 5. The quantitative estimate of drug-likeness (QED) is 0.250. The number of phenols is 1. The second kappa shape index (κ2) is 10.6. The highest BCUT2D eigenvalue weighted by Crippen LogP contribution is 2.44. The van der Waals surface area contributed by atoms with Crippen LogP contribution in [0.2, 0.25) is 0 Å². The van der Waals surface area contributed by atoms with E-state index in [1.165, 1.54) is 0 Å². The standard InChI is InChI=1S/C23H32N2O5/c1-15(23(29)25-16-8-10-17(26)11-9-16)24-14-19-18(20-12-13-21(19)30-20)6-4-2-3-5-7-22(27)28/h2,4,8-11,15,18-21,24,26H,3,5-7,12-14H2,1H3,(H,25,29)(H,27,28)/b4-2-/t15?,18-,19+,20-,21+/m1/s1. The molecule has 1 aromatic carbocycles. The third-order valence-corrected chi connectivity index (χ3v) is 6.11. The van der Waals surface area contributed by atoms with Crippen LogP contribution in [-0.2, 0) is 14.3 Å². The monoisotopic (exact) mass is 416 g/mol. The Labute approximate surface area is 177 Å². The molecule has 2 saturated heterocycles. The van der Waals surface area contributed by atoms with Gasteiger partial charge in [-0.05, 0) is 69.2 Å². The van der Waals surface area contributed by atoms with Gasteiger partial charge in [0, 0.05) is 24.6 Å². The lowest BCUT2D eigenvalue weighted by molar-refractivity contribution is -0.137. The van der Waals surface area contributed by atoms with E-state index in [4.69, 9.17) is 9.84 Å². The summed E-state index contributed by atoms with van der Waals surface area (Å²) in [6, 6.07) is 6.08. The van der Waals surface area contributed by atoms with Crippen LogP contribution in [-0.4, -0.2) is 46.9 Å². The van der Waals surface area contributed by atoms with Gasteiger partial charge in [-0.2, -0.15) is 0 Å². The summed E-state index contributed by atoms with van der Waals surface area (Å²) < 4.78 is 6.13. The zero-order valence-electron chi connectivity index (χ0n) is 17.4. The molecule has 2 bridgehead atoms. The van der Waals surface area contributed by atoms with Gasteiger partial charge in [0.1, 0.15) is 5.75 Å². The zero-order valence-corrected chi connectivity index (χ0v) is 17.4. The van der Waals surface area contributed by atoms with Crippen LogP contribution in [0, 0.1) is 11.8 Å².